The Hall–Kier alpha value is 0.00870. The van der Waals surface area contributed by atoms with Gasteiger partial charge in [0.2, 0.25) is 0 Å². The Labute approximate surface area is 123 Å². The van der Waals surface area contributed by atoms with E-state index in [9.17, 15) is 4.79 Å². The van der Waals surface area contributed by atoms with E-state index in [1.54, 1.807) is 0 Å². The average molecular weight is 375 g/mol. The zero-order valence-corrected chi connectivity index (χ0v) is 15.9. The number of carboxylic acids is 1. The van der Waals surface area contributed by atoms with E-state index in [1.807, 2.05) is 6.08 Å². The summed E-state index contributed by atoms with van der Waals surface area (Å²) in [5, 5.41) is 8.81. The average Bonchev–Trinajstić information content (AvgIpc) is 2.39. The predicted octanol–water partition coefficient (Wildman–Crippen LogP) is 5.41. The van der Waals surface area contributed by atoms with Crippen LogP contribution in [0.5, 0.6) is 0 Å². The zero-order chi connectivity index (χ0) is 14.6. The van der Waals surface area contributed by atoms with Crippen molar-refractivity contribution < 1.29 is 9.90 Å². The van der Waals surface area contributed by atoms with Crippen LogP contribution in [0.1, 0.15) is 65.7 Å². The third-order valence-corrected chi connectivity index (χ3v) is 18.1. The molecule has 0 saturated heterocycles. The molecule has 0 aromatic heterocycles. The molecule has 0 unspecified atom stereocenters. The summed E-state index contributed by atoms with van der Waals surface area (Å²) < 4.78 is 6.69. The summed E-state index contributed by atoms with van der Waals surface area (Å²) in [6, 6.07) is 0. The monoisotopic (exact) mass is 376 g/mol. The van der Waals surface area contributed by atoms with Gasteiger partial charge in [-0.1, -0.05) is 0 Å². The molecule has 0 aliphatic rings. The fourth-order valence-electron chi connectivity index (χ4n) is 2.62. The summed E-state index contributed by atoms with van der Waals surface area (Å²) in [7, 11) is 0. The Morgan fingerprint density at radius 2 is 1.37 bits per heavy atom. The molecule has 0 fully saturated rings. The predicted molar refractivity (Wildman–Crippen MR) is 86.3 cm³/mol. The third kappa shape index (κ3) is 9.53. The molecule has 0 spiro atoms. The van der Waals surface area contributed by atoms with Crippen molar-refractivity contribution in [3.63, 3.8) is 0 Å². The minimum atomic E-state index is -2.20. The van der Waals surface area contributed by atoms with Crippen LogP contribution in [-0.4, -0.2) is 29.5 Å². The summed E-state index contributed by atoms with van der Waals surface area (Å²) in [6.45, 7) is 6.78. The van der Waals surface area contributed by atoms with Gasteiger partial charge in [0.05, 0.1) is 0 Å². The summed E-state index contributed by atoms with van der Waals surface area (Å²) in [4.78, 5) is 10.7. The van der Waals surface area contributed by atoms with Crippen molar-refractivity contribution >= 4 is 24.3 Å². The van der Waals surface area contributed by atoms with Crippen LogP contribution in [0.15, 0.2) is 10.2 Å². The maximum absolute atomic E-state index is 10.7. The SMILES string of the molecule is CCC[CH2][Sn](/[CH]=C/CC(=O)O)([CH2]CCC)[CH2]CCC. The first-order valence-corrected chi connectivity index (χ1v) is 15.7. The number of hydrogen-bond acceptors (Lipinski definition) is 1. The third-order valence-electron chi connectivity index (χ3n) is 3.85. The van der Waals surface area contributed by atoms with E-state index < -0.39 is 24.3 Å². The van der Waals surface area contributed by atoms with Gasteiger partial charge in [0.15, 0.2) is 0 Å². The number of carbonyl (C=O) groups is 1. The van der Waals surface area contributed by atoms with E-state index in [1.165, 1.54) is 51.8 Å². The van der Waals surface area contributed by atoms with Gasteiger partial charge in [0, 0.05) is 0 Å². The van der Waals surface area contributed by atoms with Crippen molar-refractivity contribution in [1.82, 2.24) is 0 Å². The number of aliphatic carboxylic acids is 1. The van der Waals surface area contributed by atoms with Gasteiger partial charge >= 0.3 is 123 Å². The van der Waals surface area contributed by atoms with E-state index in [-0.39, 0.29) is 6.42 Å². The Morgan fingerprint density at radius 1 is 0.947 bits per heavy atom. The van der Waals surface area contributed by atoms with E-state index in [2.05, 4.69) is 24.9 Å². The van der Waals surface area contributed by atoms with Gasteiger partial charge in [-0.2, -0.15) is 0 Å². The zero-order valence-electron chi connectivity index (χ0n) is 13.1. The summed E-state index contributed by atoms with van der Waals surface area (Å²) in [5.74, 6) is -0.696. The van der Waals surface area contributed by atoms with Gasteiger partial charge < -0.3 is 0 Å². The first-order valence-electron chi connectivity index (χ1n) is 7.99. The second-order valence-electron chi connectivity index (χ2n) is 5.67. The summed E-state index contributed by atoms with van der Waals surface area (Å²) >= 11 is -2.20. The molecule has 0 rings (SSSR count). The molecule has 112 valence electrons. The normalized spacial score (nSPS) is 12.2. The molecule has 2 nitrogen and oxygen atoms in total. The fraction of sp³-hybridized carbons (Fsp3) is 0.812. The molecule has 3 heteroatoms. The number of carboxylic acid groups (broad SMARTS) is 1. The van der Waals surface area contributed by atoms with Crippen molar-refractivity contribution in [3.8, 4) is 0 Å². The fourth-order valence-corrected chi connectivity index (χ4v) is 17.0. The van der Waals surface area contributed by atoms with Crippen LogP contribution in [-0.2, 0) is 4.79 Å². The van der Waals surface area contributed by atoms with Crippen molar-refractivity contribution in [2.24, 2.45) is 0 Å². The molecule has 0 aliphatic heterocycles. The molecule has 0 radical (unpaired) electrons. The molecule has 0 aromatic rings. The summed E-state index contributed by atoms with van der Waals surface area (Å²) in [5.41, 5.74) is 0. The molecule has 0 saturated carbocycles. The molecule has 0 aliphatic carbocycles. The topological polar surface area (TPSA) is 37.3 Å². The van der Waals surface area contributed by atoms with Gasteiger partial charge in [0.25, 0.3) is 0 Å². The van der Waals surface area contributed by atoms with Gasteiger partial charge in [-0.15, -0.1) is 0 Å². The van der Waals surface area contributed by atoms with E-state index in [4.69, 9.17) is 5.11 Å². The first-order chi connectivity index (χ1) is 9.10. The molecule has 0 atom stereocenters. The Kier molecular flexibility index (Phi) is 11.8. The standard InChI is InChI=1S/C4H5O2.3C4H9.Sn/c1-2-3-4(5)6;3*1-3-4-2;/h1-2H,3H2,(H,5,6);3*1,3-4H2,2H3;. The van der Waals surface area contributed by atoms with Gasteiger partial charge in [-0.05, 0) is 0 Å². The number of hydrogen-bond donors (Lipinski definition) is 1. The maximum atomic E-state index is 10.7. The minimum absolute atomic E-state index is 0.211. The second kappa shape index (κ2) is 11.8. The van der Waals surface area contributed by atoms with Crippen LogP contribution in [0.3, 0.4) is 0 Å². The van der Waals surface area contributed by atoms with Crippen LogP contribution >= 0.6 is 0 Å². The number of rotatable bonds is 12. The molecular formula is C16H32O2Sn. The van der Waals surface area contributed by atoms with Crippen LogP contribution in [0.4, 0.5) is 0 Å². The molecule has 0 aromatic carbocycles. The van der Waals surface area contributed by atoms with Crippen molar-refractivity contribution in [2.45, 2.75) is 79.0 Å². The van der Waals surface area contributed by atoms with Crippen LogP contribution in [0, 0.1) is 0 Å². The van der Waals surface area contributed by atoms with Crippen LogP contribution in [0.2, 0.25) is 13.3 Å². The molecule has 1 N–H and O–H groups in total. The van der Waals surface area contributed by atoms with Gasteiger partial charge in [-0.3, -0.25) is 0 Å². The van der Waals surface area contributed by atoms with E-state index >= 15 is 0 Å². The van der Waals surface area contributed by atoms with E-state index in [0.717, 1.165) is 0 Å². The Balaban J connectivity index is 4.74. The molecule has 0 amide bonds. The first kappa shape index (κ1) is 19.0. The quantitative estimate of drug-likeness (QED) is 0.464. The molecule has 19 heavy (non-hydrogen) atoms. The van der Waals surface area contributed by atoms with Crippen LogP contribution < -0.4 is 0 Å². The van der Waals surface area contributed by atoms with Gasteiger partial charge in [-0.25, -0.2) is 0 Å². The number of unbranched alkanes of at least 4 members (excludes halogenated alkanes) is 3. The van der Waals surface area contributed by atoms with Gasteiger partial charge in [0.1, 0.15) is 0 Å². The molecule has 0 heterocycles. The summed E-state index contributed by atoms with van der Waals surface area (Å²) in [6.07, 6.45) is 9.99. The second-order valence-corrected chi connectivity index (χ2v) is 18.7. The van der Waals surface area contributed by atoms with E-state index in [0.29, 0.717) is 0 Å². The van der Waals surface area contributed by atoms with Crippen molar-refractivity contribution in [1.29, 1.82) is 0 Å². The van der Waals surface area contributed by atoms with Crippen molar-refractivity contribution in [3.05, 3.63) is 10.2 Å². The Morgan fingerprint density at radius 3 is 1.68 bits per heavy atom. The molecule has 0 bridgehead atoms. The van der Waals surface area contributed by atoms with Crippen molar-refractivity contribution in [2.75, 3.05) is 0 Å². The van der Waals surface area contributed by atoms with Crippen LogP contribution in [0.25, 0.3) is 0 Å². The Bertz CT molecular complexity index is 240. The molecular weight excluding hydrogens is 343 g/mol.